The van der Waals surface area contributed by atoms with Crippen LogP contribution in [0.3, 0.4) is 0 Å². The standard InChI is InChI=1S/C16H23ClFNS2/c1-3-7-19-14(16-11(2)20-8-9-21-16)10-12-5-4-6-13(17)15(12)18/h4-6,11,14,16,19H,3,7-10H2,1-2H3. The van der Waals surface area contributed by atoms with Gasteiger partial charge in [-0.15, -0.1) is 0 Å². The molecule has 5 heteroatoms. The molecule has 21 heavy (non-hydrogen) atoms. The second kappa shape index (κ2) is 8.66. The summed E-state index contributed by atoms with van der Waals surface area (Å²) in [7, 11) is 0. The monoisotopic (exact) mass is 347 g/mol. The summed E-state index contributed by atoms with van der Waals surface area (Å²) in [5, 5.41) is 4.96. The highest BCUT2D eigenvalue weighted by molar-refractivity contribution is 8.07. The van der Waals surface area contributed by atoms with E-state index in [1.807, 2.05) is 35.7 Å². The minimum absolute atomic E-state index is 0.223. The van der Waals surface area contributed by atoms with Crippen LogP contribution in [0.1, 0.15) is 25.8 Å². The van der Waals surface area contributed by atoms with Crippen molar-refractivity contribution in [2.24, 2.45) is 0 Å². The number of hydrogen-bond donors (Lipinski definition) is 1. The lowest BCUT2D eigenvalue weighted by Gasteiger charge is -2.35. The number of nitrogens with one attached hydrogen (secondary N) is 1. The van der Waals surface area contributed by atoms with E-state index in [1.165, 1.54) is 11.5 Å². The van der Waals surface area contributed by atoms with Crippen molar-refractivity contribution in [1.82, 2.24) is 5.32 Å². The molecule has 1 nitrogen and oxygen atoms in total. The van der Waals surface area contributed by atoms with Gasteiger partial charge in [0.25, 0.3) is 0 Å². The molecule has 0 bridgehead atoms. The van der Waals surface area contributed by atoms with Crippen molar-refractivity contribution >= 4 is 35.1 Å². The van der Waals surface area contributed by atoms with Gasteiger partial charge in [0.05, 0.1) is 5.02 Å². The third-order valence-electron chi connectivity index (χ3n) is 3.76. The largest absolute Gasteiger partial charge is 0.313 e. The molecule has 1 saturated heterocycles. The van der Waals surface area contributed by atoms with Gasteiger partial charge >= 0.3 is 0 Å². The van der Waals surface area contributed by atoms with E-state index in [9.17, 15) is 4.39 Å². The van der Waals surface area contributed by atoms with Gasteiger partial charge in [0, 0.05) is 28.0 Å². The average molecular weight is 348 g/mol. The maximum absolute atomic E-state index is 14.2. The Hall–Kier alpha value is 0.1000. The van der Waals surface area contributed by atoms with Crippen molar-refractivity contribution in [3.63, 3.8) is 0 Å². The van der Waals surface area contributed by atoms with Gasteiger partial charge in [0.15, 0.2) is 0 Å². The number of rotatable bonds is 6. The summed E-state index contributed by atoms with van der Waals surface area (Å²) in [4.78, 5) is 0. The fraction of sp³-hybridized carbons (Fsp3) is 0.625. The molecular formula is C16H23ClFNS2. The SMILES string of the molecule is CCCNC(Cc1cccc(Cl)c1F)C1SCCSC1C. The van der Waals surface area contributed by atoms with E-state index < -0.39 is 0 Å². The van der Waals surface area contributed by atoms with Crippen LogP contribution in [0.4, 0.5) is 4.39 Å². The normalized spacial score (nSPS) is 24.0. The first-order chi connectivity index (χ1) is 10.1. The molecule has 1 aliphatic rings. The number of halogens is 2. The molecule has 0 aliphatic carbocycles. The lowest BCUT2D eigenvalue weighted by Crippen LogP contribution is -2.46. The van der Waals surface area contributed by atoms with Crippen molar-refractivity contribution in [2.75, 3.05) is 18.1 Å². The summed E-state index contributed by atoms with van der Waals surface area (Å²) < 4.78 is 14.2. The van der Waals surface area contributed by atoms with Crippen LogP contribution in [0.25, 0.3) is 0 Å². The first-order valence-electron chi connectivity index (χ1n) is 7.53. The predicted molar refractivity (Wildman–Crippen MR) is 95.4 cm³/mol. The van der Waals surface area contributed by atoms with Crippen LogP contribution < -0.4 is 5.32 Å². The summed E-state index contributed by atoms with van der Waals surface area (Å²) in [6.07, 6.45) is 1.79. The first-order valence-corrected chi connectivity index (χ1v) is 10.0. The van der Waals surface area contributed by atoms with E-state index in [4.69, 9.17) is 11.6 Å². The molecule has 0 radical (unpaired) electrons. The van der Waals surface area contributed by atoms with Crippen LogP contribution in [-0.4, -0.2) is 34.6 Å². The summed E-state index contributed by atoms with van der Waals surface area (Å²) in [5.41, 5.74) is 0.722. The molecule has 0 saturated carbocycles. The minimum atomic E-state index is -0.261. The molecule has 3 atom stereocenters. The van der Waals surface area contributed by atoms with E-state index >= 15 is 0 Å². The Morgan fingerprint density at radius 1 is 1.38 bits per heavy atom. The van der Waals surface area contributed by atoms with Crippen molar-refractivity contribution in [3.8, 4) is 0 Å². The summed E-state index contributed by atoms with van der Waals surface area (Å²) >= 11 is 9.96. The lowest BCUT2D eigenvalue weighted by molar-refractivity contribution is 0.476. The zero-order valence-electron chi connectivity index (χ0n) is 12.6. The van der Waals surface area contributed by atoms with Crippen LogP contribution in [0.15, 0.2) is 18.2 Å². The van der Waals surface area contributed by atoms with E-state index in [2.05, 4.69) is 19.2 Å². The third-order valence-corrected chi connectivity index (χ3v) is 7.30. The third kappa shape index (κ3) is 4.78. The Balaban J connectivity index is 2.13. The van der Waals surface area contributed by atoms with Crippen LogP contribution in [0.2, 0.25) is 5.02 Å². The molecular weight excluding hydrogens is 325 g/mol. The highest BCUT2D eigenvalue weighted by Gasteiger charge is 2.30. The molecule has 0 amide bonds. The van der Waals surface area contributed by atoms with E-state index in [0.29, 0.717) is 23.0 Å². The van der Waals surface area contributed by atoms with Crippen molar-refractivity contribution in [2.45, 2.75) is 43.2 Å². The minimum Gasteiger partial charge on any atom is -0.313 e. The Morgan fingerprint density at radius 2 is 2.14 bits per heavy atom. The number of benzene rings is 1. The smallest absolute Gasteiger partial charge is 0.145 e. The second-order valence-corrected chi connectivity index (χ2v) is 8.57. The van der Waals surface area contributed by atoms with Gasteiger partial charge in [-0.25, -0.2) is 4.39 Å². The number of hydrogen-bond acceptors (Lipinski definition) is 3. The Labute approximate surface area is 140 Å². The van der Waals surface area contributed by atoms with Gasteiger partial charge < -0.3 is 5.32 Å². The molecule has 118 valence electrons. The molecule has 0 spiro atoms. The van der Waals surface area contributed by atoms with Crippen LogP contribution >= 0.6 is 35.1 Å². The average Bonchev–Trinajstić information content (AvgIpc) is 2.48. The zero-order valence-corrected chi connectivity index (χ0v) is 15.0. The van der Waals surface area contributed by atoms with Gasteiger partial charge in [-0.3, -0.25) is 0 Å². The molecule has 1 aromatic carbocycles. The van der Waals surface area contributed by atoms with Crippen LogP contribution in [0, 0.1) is 5.82 Å². The summed E-state index contributed by atoms with van der Waals surface area (Å²) in [6.45, 7) is 5.42. The molecule has 1 aliphatic heterocycles. The first kappa shape index (κ1) is 17.5. The molecule has 0 aromatic heterocycles. The highest BCUT2D eigenvalue weighted by atomic mass is 35.5. The van der Waals surface area contributed by atoms with Gasteiger partial charge in [-0.2, -0.15) is 23.5 Å². The van der Waals surface area contributed by atoms with Gasteiger partial charge in [0.2, 0.25) is 0 Å². The van der Waals surface area contributed by atoms with Gasteiger partial charge in [-0.05, 0) is 31.0 Å². The maximum Gasteiger partial charge on any atom is 0.145 e. The lowest BCUT2D eigenvalue weighted by atomic mass is 10.0. The van der Waals surface area contributed by atoms with Crippen molar-refractivity contribution in [3.05, 3.63) is 34.6 Å². The summed E-state index contributed by atoms with van der Waals surface area (Å²) in [6, 6.07) is 5.60. The predicted octanol–water partition coefficient (Wildman–Crippen LogP) is 4.63. The zero-order chi connectivity index (χ0) is 15.2. The van der Waals surface area contributed by atoms with E-state index in [1.54, 1.807) is 6.07 Å². The molecule has 2 rings (SSSR count). The Bertz CT molecular complexity index is 458. The maximum atomic E-state index is 14.2. The van der Waals surface area contributed by atoms with Crippen molar-refractivity contribution < 1.29 is 4.39 Å². The van der Waals surface area contributed by atoms with Crippen LogP contribution in [-0.2, 0) is 6.42 Å². The summed E-state index contributed by atoms with van der Waals surface area (Å²) in [5.74, 6) is 2.14. The molecule has 3 unspecified atom stereocenters. The second-order valence-electron chi connectivity index (χ2n) is 5.39. The molecule has 1 fully saturated rings. The molecule has 1 aromatic rings. The van der Waals surface area contributed by atoms with Crippen LogP contribution in [0.5, 0.6) is 0 Å². The van der Waals surface area contributed by atoms with E-state index in [-0.39, 0.29) is 10.8 Å². The quantitative estimate of drug-likeness (QED) is 0.806. The fourth-order valence-corrected chi connectivity index (χ4v) is 5.82. The Morgan fingerprint density at radius 3 is 2.86 bits per heavy atom. The molecule has 1 heterocycles. The van der Waals surface area contributed by atoms with Gasteiger partial charge in [0.1, 0.15) is 5.82 Å². The Kier molecular flexibility index (Phi) is 7.20. The topological polar surface area (TPSA) is 12.0 Å². The van der Waals surface area contributed by atoms with E-state index in [0.717, 1.165) is 18.5 Å². The molecule has 1 N–H and O–H groups in total. The number of thioether (sulfide) groups is 2. The van der Waals surface area contributed by atoms with Crippen molar-refractivity contribution in [1.29, 1.82) is 0 Å². The van der Waals surface area contributed by atoms with Gasteiger partial charge in [-0.1, -0.05) is 37.6 Å². The fourth-order valence-electron chi connectivity index (χ4n) is 2.67. The highest BCUT2D eigenvalue weighted by Crippen LogP contribution is 2.34.